The smallest absolute Gasteiger partial charge is 0.307 e. The lowest BCUT2D eigenvalue weighted by Gasteiger charge is -2.13. The summed E-state index contributed by atoms with van der Waals surface area (Å²) in [6.07, 6.45) is 0.0200. The number of aliphatic carboxylic acids is 1. The molecule has 2 aromatic carbocycles. The van der Waals surface area contributed by atoms with Crippen LogP contribution in [0.2, 0.25) is 0 Å². The number of carboxylic acid groups (broad SMARTS) is 1. The summed E-state index contributed by atoms with van der Waals surface area (Å²) in [7, 11) is 0. The fourth-order valence-electron chi connectivity index (χ4n) is 3.43. The number of phenols is 1. The molecule has 0 saturated heterocycles. The van der Waals surface area contributed by atoms with Gasteiger partial charge in [-0.25, -0.2) is 0 Å². The molecule has 0 saturated carbocycles. The number of hydrogen-bond donors (Lipinski definition) is 2. The van der Waals surface area contributed by atoms with Crippen LogP contribution in [0.5, 0.6) is 5.75 Å². The van der Waals surface area contributed by atoms with Crippen LogP contribution >= 0.6 is 0 Å². The van der Waals surface area contributed by atoms with E-state index in [-0.39, 0.29) is 12.3 Å². The van der Waals surface area contributed by atoms with Gasteiger partial charge in [-0.3, -0.25) is 4.79 Å². The van der Waals surface area contributed by atoms with Crippen LogP contribution in [0.3, 0.4) is 0 Å². The summed E-state index contributed by atoms with van der Waals surface area (Å²) in [5, 5.41) is 20.3. The normalized spacial score (nSPS) is 11.4. The third-order valence-corrected chi connectivity index (χ3v) is 4.74. The van der Waals surface area contributed by atoms with Crippen molar-refractivity contribution in [1.82, 2.24) is 4.57 Å². The molecule has 0 fully saturated rings. The first-order chi connectivity index (χ1) is 11.9. The molecule has 0 aliphatic heterocycles. The highest BCUT2D eigenvalue weighted by molar-refractivity contribution is 5.89. The summed E-state index contributed by atoms with van der Waals surface area (Å²) in [5.74, 6) is -0.262. The van der Waals surface area contributed by atoms with Gasteiger partial charge in [0, 0.05) is 23.1 Å². The molecule has 0 spiro atoms. The third kappa shape index (κ3) is 3.25. The Hall–Kier alpha value is -2.75. The molecule has 1 aromatic heterocycles. The lowest BCUT2D eigenvalue weighted by atomic mass is 9.99. The van der Waals surface area contributed by atoms with Crippen molar-refractivity contribution in [2.24, 2.45) is 0 Å². The van der Waals surface area contributed by atoms with Crippen LogP contribution in [0, 0.1) is 6.92 Å². The van der Waals surface area contributed by atoms with Gasteiger partial charge in [0.05, 0.1) is 6.42 Å². The Bertz CT molecular complexity index is 938. The van der Waals surface area contributed by atoms with Crippen molar-refractivity contribution in [3.8, 4) is 5.75 Å². The molecule has 25 heavy (non-hydrogen) atoms. The average Bonchev–Trinajstić information content (AvgIpc) is 2.82. The standard InChI is InChI=1S/C21H23NO3/c1-13(2)17-10-15(8-9-20(17)23)12-22-14(3)18(11-21(24)25)16-6-4-5-7-19(16)22/h4-10,13,23H,11-12H2,1-3H3,(H,24,25). The van der Waals surface area contributed by atoms with E-state index in [1.165, 1.54) is 0 Å². The number of hydrogen-bond acceptors (Lipinski definition) is 2. The summed E-state index contributed by atoms with van der Waals surface area (Å²) in [6.45, 7) is 6.73. The zero-order valence-corrected chi connectivity index (χ0v) is 14.8. The van der Waals surface area contributed by atoms with Crippen molar-refractivity contribution < 1.29 is 15.0 Å². The van der Waals surface area contributed by atoms with E-state index >= 15 is 0 Å². The summed E-state index contributed by atoms with van der Waals surface area (Å²) < 4.78 is 2.16. The zero-order chi connectivity index (χ0) is 18.1. The molecule has 1 heterocycles. The molecule has 3 rings (SSSR count). The lowest BCUT2D eigenvalue weighted by Crippen LogP contribution is -2.05. The molecule has 2 N–H and O–H groups in total. The van der Waals surface area contributed by atoms with Crippen LogP contribution in [0.1, 0.15) is 42.1 Å². The van der Waals surface area contributed by atoms with Gasteiger partial charge in [-0.2, -0.15) is 0 Å². The van der Waals surface area contributed by atoms with Gasteiger partial charge in [0.15, 0.2) is 0 Å². The van der Waals surface area contributed by atoms with Gasteiger partial charge in [-0.15, -0.1) is 0 Å². The molecule has 4 nitrogen and oxygen atoms in total. The molecular weight excluding hydrogens is 314 g/mol. The number of aromatic nitrogens is 1. The van der Waals surface area contributed by atoms with Gasteiger partial charge in [0.2, 0.25) is 0 Å². The number of phenolic OH excluding ortho intramolecular Hbond substituents is 1. The number of benzene rings is 2. The van der Waals surface area contributed by atoms with Crippen LogP contribution in [0.25, 0.3) is 10.9 Å². The number of carboxylic acids is 1. The Balaban J connectivity index is 2.09. The first-order valence-corrected chi connectivity index (χ1v) is 8.48. The van der Waals surface area contributed by atoms with E-state index < -0.39 is 5.97 Å². The minimum Gasteiger partial charge on any atom is -0.508 e. The predicted molar refractivity (Wildman–Crippen MR) is 99.3 cm³/mol. The van der Waals surface area contributed by atoms with Crippen LogP contribution in [0.4, 0.5) is 0 Å². The Morgan fingerprint density at radius 2 is 1.88 bits per heavy atom. The molecular formula is C21H23NO3. The van der Waals surface area contributed by atoms with Gasteiger partial charge >= 0.3 is 5.97 Å². The number of fused-ring (bicyclic) bond motifs is 1. The second kappa shape index (κ2) is 6.63. The van der Waals surface area contributed by atoms with Gasteiger partial charge in [-0.1, -0.05) is 44.2 Å². The van der Waals surface area contributed by atoms with E-state index in [9.17, 15) is 15.0 Å². The average molecular weight is 337 g/mol. The first kappa shape index (κ1) is 17.1. The number of para-hydroxylation sites is 1. The van der Waals surface area contributed by atoms with E-state index in [1.54, 1.807) is 6.07 Å². The number of aromatic hydroxyl groups is 1. The summed E-state index contributed by atoms with van der Waals surface area (Å²) >= 11 is 0. The van der Waals surface area contributed by atoms with E-state index in [2.05, 4.69) is 18.4 Å². The van der Waals surface area contributed by atoms with Crippen molar-refractivity contribution in [2.45, 2.75) is 39.7 Å². The van der Waals surface area contributed by atoms with Crippen molar-refractivity contribution in [3.05, 3.63) is 64.8 Å². The van der Waals surface area contributed by atoms with E-state index in [0.717, 1.165) is 33.3 Å². The molecule has 0 unspecified atom stereocenters. The van der Waals surface area contributed by atoms with E-state index in [1.807, 2.05) is 43.3 Å². The van der Waals surface area contributed by atoms with Gasteiger partial charge < -0.3 is 14.8 Å². The highest BCUT2D eigenvalue weighted by atomic mass is 16.4. The fraction of sp³-hybridized carbons (Fsp3) is 0.286. The zero-order valence-electron chi connectivity index (χ0n) is 14.8. The number of carbonyl (C=O) groups is 1. The molecule has 0 radical (unpaired) electrons. The molecule has 0 amide bonds. The summed E-state index contributed by atoms with van der Waals surface area (Å²) in [4.78, 5) is 11.3. The van der Waals surface area contributed by atoms with Crippen LogP contribution in [0.15, 0.2) is 42.5 Å². The van der Waals surface area contributed by atoms with Crippen molar-refractivity contribution >= 4 is 16.9 Å². The van der Waals surface area contributed by atoms with Crippen LogP contribution < -0.4 is 0 Å². The Morgan fingerprint density at radius 3 is 2.56 bits per heavy atom. The molecule has 0 bridgehead atoms. The van der Waals surface area contributed by atoms with Crippen molar-refractivity contribution in [1.29, 1.82) is 0 Å². The fourth-order valence-corrected chi connectivity index (χ4v) is 3.43. The Morgan fingerprint density at radius 1 is 1.16 bits per heavy atom. The Labute approximate surface area is 147 Å². The maximum Gasteiger partial charge on any atom is 0.307 e. The molecule has 4 heteroatoms. The van der Waals surface area contributed by atoms with Gasteiger partial charge in [0.1, 0.15) is 5.75 Å². The maximum atomic E-state index is 11.3. The molecule has 3 aromatic rings. The monoisotopic (exact) mass is 337 g/mol. The van der Waals surface area contributed by atoms with E-state index in [0.29, 0.717) is 12.3 Å². The number of nitrogens with zero attached hydrogens (tertiary/aromatic N) is 1. The molecule has 0 aliphatic rings. The van der Waals surface area contributed by atoms with Crippen LogP contribution in [-0.2, 0) is 17.8 Å². The minimum absolute atomic E-state index is 0.0200. The topological polar surface area (TPSA) is 62.5 Å². The quantitative estimate of drug-likeness (QED) is 0.723. The van der Waals surface area contributed by atoms with E-state index in [4.69, 9.17) is 0 Å². The third-order valence-electron chi connectivity index (χ3n) is 4.74. The predicted octanol–water partition coefficient (Wildman–Crippen LogP) is 4.45. The highest BCUT2D eigenvalue weighted by Gasteiger charge is 2.16. The molecule has 0 atom stereocenters. The molecule has 130 valence electrons. The summed E-state index contributed by atoms with van der Waals surface area (Å²) in [6, 6.07) is 13.6. The van der Waals surface area contributed by atoms with Gasteiger partial charge in [-0.05, 0) is 41.7 Å². The largest absolute Gasteiger partial charge is 0.508 e. The number of rotatable bonds is 5. The maximum absolute atomic E-state index is 11.3. The lowest BCUT2D eigenvalue weighted by molar-refractivity contribution is -0.136. The minimum atomic E-state index is -0.822. The Kier molecular flexibility index (Phi) is 4.53. The highest BCUT2D eigenvalue weighted by Crippen LogP contribution is 2.30. The van der Waals surface area contributed by atoms with Crippen molar-refractivity contribution in [3.63, 3.8) is 0 Å². The SMILES string of the molecule is Cc1c(CC(=O)O)c2ccccc2n1Cc1ccc(O)c(C(C)C)c1. The summed E-state index contributed by atoms with van der Waals surface area (Å²) in [5.41, 5.74) is 4.90. The molecule has 0 aliphatic carbocycles. The van der Waals surface area contributed by atoms with Crippen molar-refractivity contribution in [2.75, 3.05) is 0 Å². The second-order valence-corrected chi connectivity index (χ2v) is 6.79. The first-order valence-electron chi connectivity index (χ1n) is 8.48. The second-order valence-electron chi connectivity index (χ2n) is 6.79. The van der Waals surface area contributed by atoms with Crippen LogP contribution in [-0.4, -0.2) is 20.7 Å². The van der Waals surface area contributed by atoms with Gasteiger partial charge in [0.25, 0.3) is 0 Å².